The predicted molar refractivity (Wildman–Crippen MR) is 117 cm³/mol. The summed E-state index contributed by atoms with van der Waals surface area (Å²) in [5.74, 6) is 0.458. The Balaban J connectivity index is 1.80. The van der Waals surface area contributed by atoms with E-state index in [4.69, 9.17) is 21.4 Å². The molecule has 0 radical (unpaired) electrons. The molecule has 8 heteroatoms. The number of thiocarbonyl (C=S) groups is 1. The second-order valence-electron chi connectivity index (χ2n) is 6.48. The van der Waals surface area contributed by atoms with Crippen LogP contribution in [0.25, 0.3) is 17.4 Å². The Morgan fingerprint density at radius 2 is 2.03 bits per heavy atom. The van der Waals surface area contributed by atoms with Gasteiger partial charge in [-0.3, -0.25) is 9.69 Å². The Bertz CT molecular complexity index is 948. The normalized spacial score (nSPS) is 16.5. The van der Waals surface area contributed by atoms with E-state index in [1.54, 1.807) is 19.3 Å². The first-order valence-electron chi connectivity index (χ1n) is 9.18. The first-order chi connectivity index (χ1) is 13.9. The van der Waals surface area contributed by atoms with Crippen molar-refractivity contribution in [1.29, 1.82) is 0 Å². The second kappa shape index (κ2) is 9.28. The Kier molecular flexibility index (Phi) is 6.76. The highest BCUT2D eigenvalue weighted by Crippen LogP contribution is 2.36. The number of hydrogen-bond acceptors (Lipinski definition) is 6. The zero-order chi connectivity index (χ0) is 21.0. The zero-order valence-corrected chi connectivity index (χ0v) is 17.7. The number of carbonyl (C=O) groups is 2. The van der Waals surface area contributed by atoms with Gasteiger partial charge in [-0.25, -0.2) is 4.79 Å². The first kappa shape index (κ1) is 21.1. The minimum absolute atomic E-state index is 0.256. The molecule has 6 nitrogen and oxygen atoms in total. The summed E-state index contributed by atoms with van der Waals surface area (Å²) in [4.78, 5) is 26.0. The molecule has 3 rings (SSSR count). The number of aliphatic carboxylic acids is 1. The first-order valence-corrected chi connectivity index (χ1v) is 10.4. The lowest BCUT2D eigenvalue weighted by atomic mass is 10.1. The van der Waals surface area contributed by atoms with E-state index in [0.717, 1.165) is 29.5 Å². The summed E-state index contributed by atoms with van der Waals surface area (Å²) in [5.41, 5.74) is 0.878. The molecule has 1 aromatic carbocycles. The predicted octanol–water partition coefficient (Wildman–Crippen LogP) is 4.80. The van der Waals surface area contributed by atoms with Crippen LogP contribution in [0.1, 0.15) is 31.9 Å². The third kappa shape index (κ3) is 4.71. The Morgan fingerprint density at radius 3 is 2.66 bits per heavy atom. The van der Waals surface area contributed by atoms with Gasteiger partial charge >= 0.3 is 5.97 Å². The molecule has 1 fully saturated rings. The number of carbonyl (C=O) groups excluding carboxylic acids is 1. The van der Waals surface area contributed by atoms with Gasteiger partial charge in [0.05, 0.1) is 12.0 Å². The number of rotatable bonds is 8. The van der Waals surface area contributed by atoms with E-state index in [-0.39, 0.29) is 4.32 Å². The van der Waals surface area contributed by atoms with Crippen LogP contribution >= 0.6 is 24.0 Å². The van der Waals surface area contributed by atoms with Gasteiger partial charge in [0.1, 0.15) is 27.6 Å². The smallest absolute Gasteiger partial charge is 0.326 e. The number of benzene rings is 1. The van der Waals surface area contributed by atoms with Gasteiger partial charge in [-0.15, -0.1) is 0 Å². The summed E-state index contributed by atoms with van der Waals surface area (Å²) in [6.07, 6.45) is 3.52. The maximum Gasteiger partial charge on any atom is 0.326 e. The van der Waals surface area contributed by atoms with Crippen LogP contribution in [0.15, 0.2) is 45.7 Å². The molecule has 1 aliphatic rings. The second-order valence-corrected chi connectivity index (χ2v) is 8.15. The van der Waals surface area contributed by atoms with Gasteiger partial charge in [-0.2, -0.15) is 0 Å². The molecule has 1 saturated heterocycles. The van der Waals surface area contributed by atoms with Gasteiger partial charge < -0.3 is 14.3 Å². The minimum atomic E-state index is -1.05. The number of furan rings is 1. The number of hydrogen-bond donors (Lipinski definition) is 1. The van der Waals surface area contributed by atoms with Gasteiger partial charge in [0.15, 0.2) is 0 Å². The Hall–Kier alpha value is -2.58. The number of unbranched alkanes of at least 4 members (excludes halogenated alkanes) is 1. The maximum absolute atomic E-state index is 12.8. The molecule has 0 aliphatic carbocycles. The van der Waals surface area contributed by atoms with Crippen molar-refractivity contribution in [1.82, 2.24) is 4.90 Å². The standard InChI is InChI=1S/C21H21NO5S2/c1-3-4-5-16(20(24)25)22-19(23)18(29-21(22)28)12-15-10-11-17(27-15)13-6-8-14(26-2)9-7-13/h6-12,16H,3-5H2,1-2H3,(H,24,25)/b18-12+. The Morgan fingerprint density at radius 1 is 1.31 bits per heavy atom. The number of carboxylic acids is 1. The van der Waals surface area contributed by atoms with Crippen molar-refractivity contribution in [2.45, 2.75) is 32.2 Å². The SMILES string of the molecule is CCCCC(C(=O)O)N1C(=O)/C(=C\c2ccc(-c3ccc(OC)cc3)o2)SC1=S. The van der Waals surface area contributed by atoms with E-state index in [0.29, 0.717) is 29.3 Å². The molecule has 2 aromatic rings. The molecule has 2 heterocycles. The topological polar surface area (TPSA) is 80.0 Å². The molecule has 0 bridgehead atoms. The fourth-order valence-electron chi connectivity index (χ4n) is 2.98. The molecular weight excluding hydrogens is 410 g/mol. The molecule has 1 atom stereocenters. The summed E-state index contributed by atoms with van der Waals surface area (Å²) in [6.45, 7) is 1.97. The van der Waals surface area contributed by atoms with Crippen LogP contribution in [0, 0.1) is 0 Å². The van der Waals surface area contributed by atoms with Crippen LogP contribution in [0.3, 0.4) is 0 Å². The molecular formula is C21H21NO5S2. The van der Waals surface area contributed by atoms with E-state index >= 15 is 0 Å². The molecule has 0 spiro atoms. The van der Waals surface area contributed by atoms with E-state index in [1.807, 2.05) is 37.3 Å². The highest BCUT2D eigenvalue weighted by atomic mass is 32.2. The zero-order valence-electron chi connectivity index (χ0n) is 16.1. The molecule has 29 heavy (non-hydrogen) atoms. The molecule has 1 aromatic heterocycles. The summed E-state index contributed by atoms with van der Waals surface area (Å²) in [5, 5.41) is 9.53. The summed E-state index contributed by atoms with van der Waals surface area (Å²) in [7, 11) is 1.60. The number of methoxy groups -OCH3 is 1. The van der Waals surface area contributed by atoms with Gasteiger partial charge in [0.25, 0.3) is 5.91 Å². The van der Waals surface area contributed by atoms with Crippen LogP contribution < -0.4 is 4.74 Å². The summed E-state index contributed by atoms with van der Waals surface area (Å²) in [6, 6.07) is 10.1. The lowest BCUT2D eigenvalue weighted by Crippen LogP contribution is -2.43. The van der Waals surface area contributed by atoms with Crippen molar-refractivity contribution in [3.05, 3.63) is 47.1 Å². The van der Waals surface area contributed by atoms with E-state index in [1.165, 1.54) is 4.90 Å². The van der Waals surface area contributed by atoms with E-state index in [2.05, 4.69) is 0 Å². The molecule has 1 unspecified atom stereocenters. The van der Waals surface area contributed by atoms with Crippen LogP contribution in [0.4, 0.5) is 0 Å². The number of nitrogens with zero attached hydrogens (tertiary/aromatic N) is 1. The van der Waals surface area contributed by atoms with E-state index in [9.17, 15) is 14.7 Å². The van der Waals surface area contributed by atoms with Gasteiger partial charge in [-0.05, 0) is 42.8 Å². The van der Waals surface area contributed by atoms with Crippen molar-refractivity contribution in [3.8, 4) is 17.1 Å². The van der Waals surface area contributed by atoms with E-state index < -0.39 is 17.9 Å². The molecule has 1 N–H and O–H groups in total. The molecule has 1 amide bonds. The van der Waals surface area contributed by atoms with Crippen molar-refractivity contribution < 1.29 is 23.8 Å². The van der Waals surface area contributed by atoms with Crippen LogP contribution in [-0.2, 0) is 9.59 Å². The number of thioether (sulfide) groups is 1. The largest absolute Gasteiger partial charge is 0.497 e. The third-order valence-electron chi connectivity index (χ3n) is 4.53. The van der Waals surface area contributed by atoms with Gasteiger partial charge in [0, 0.05) is 11.6 Å². The highest BCUT2D eigenvalue weighted by Gasteiger charge is 2.40. The quantitative estimate of drug-likeness (QED) is 0.475. The van der Waals surface area contributed by atoms with Gasteiger partial charge in [0.2, 0.25) is 0 Å². The minimum Gasteiger partial charge on any atom is -0.497 e. The lowest BCUT2D eigenvalue weighted by molar-refractivity contribution is -0.145. The Labute approximate surface area is 178 Å². The molecule has 152 valence electrons. The fraction of sp³-hybridized carbons (Fsp3) is 0.286. The number of ether oxygens (including phenoxy) is 1. The fourth-order valence-corrected chi connectivity index (χ4v) is 4.32. The average molecular weight is 432 g/mol. The van der Waals surface area contributed by atoms with Crippen LogP contribution in [0.5, 0.6) is 5.75 Å². The van der Waals surface area contributed by atoms with Crippen molar-refractivity contribution >= 4 is 46.3 Å². The molecule has 0 saturated carbocycles. The number of carboxylic acid groups (broad SMARTS) is 1. The summed E-state index contributed by atoms with van der Waals surface area (Å²) < 4.78 is 11.2. The lowest BCUT2D eigenvalue weighted by Gasteiger charge is -2.22. The van der Waals surface area contributed by atoms with Crippen molar-refractivity contribution in [2.75, 3.05) is 7.11 Å². The average Bonchev–Trinajstić information content (AvgIpc) is 3.28. The maximum atomic E-state index is 12.8. The monoisotopic (exact) mass is 431 g/mol. The number of amides is 1. The van der Waals surface area contributed by atoms with Crippen LogP contribution in [0.2, 0.25) is 0 Å². The molecule has 1 aliphatic heterocycles. The van der Waals surface area contributed by atoms with Crippen molar-refractivity contribution in [3.63, 3.8) is 0 Å². The van der Waals surface area contributed by atoms with Gasteiger partial charge in [-0.1, -0.05) is 43.7 Å². The third-order valence-corrected chi connectivity index (χ3v) is 5.86. The van der Waals surface area contributed by atoms with Crippen molar-refractivity contribution in [2.24, 2.45) is 0 Å². The summed E-state index contributed by atoms with van der Waals surface area (Å²) >= 11 is 6.38. The highest BCUT2D eigenvalue weighted by molar-refractivity contribution is 8.26. The van der Waals surface area contributed by atoms with Crippen LogP contribution in [-0.4, -0.2) is 39.4 Å².